The van der Waals surface area contributed by atoms with Crippen molar-refractivity contribution in [2.75, 3.05) is 0 Å². The Hall–Kier alpha value is -3.09. The minimum absolute atomic E-state index is 0.139. The van der Waals surface area contributed by atoms with Crippen LogP contribution in [0.4, 0.5) is 10.1 Å². The fourth-order valence-electron chi connectivity index (χ4n) is 1.87. The predicted molar refractivity (Wildman–Crippen MR) is 79.3 cm³/mol. The number of nitrogens with one attached hydrogen (secondary N) is 1. The molecule has 0 heterocycles. The van der Waals surface area contributed by atoms with E-state index in [9.17, 15) is 19.3 Å². The summed E-state index contributed by atoms with van der Waals surface area (Å²) < 4.78 is 13.4. The average Bonchev–Trinajstić information content (AvgIpc) is 2.49. The average molecular weight is 301 g/mol. The van der Waals surface area contributed by atoms with Crippen LogP contribution >= 0.6 is 0 Å². The first-order valence-corrected chi connectivity index (χ1v) is 6.32. The fourth-order valence-corrected chi connectivity index (χ4v) is 1.87. The zero-order valence-corrected chi connectivity index (χ0v) is 11.6. The molecule has 22 heavy (non-hydrogen) atoms. The molecule has 0 spiro atoms. The lowest BCUT2D eigenvalue weighted by atomic mass is 10.1. The topological polar surface area (TPSA) is 84.6 Å². The third kappa shape index (κ3) is 3.32. The van der Waals surface area contributed by atoms with Gasteiger partial charge in [0.1, 0.15) is 5.82 Å². The van der Waals surface area contributed by atoms with Crippen molar-refractivity contribution in [2.45, 2.75) is 6.92 Å². The third-order valence-electron chi connectivity index (χ3n) is 3.02. The number of hydrogen-bond donors (Lipinski definition) is 1. The zero-order valence-electron chi connectivity index (χ0n) is 11.6. The van der Waals surface area contributed by atoms with Crippen molar-refractivity contribution in [1.82, 2.24) is 5.43 Å². The molecule has 0 aliphatic heterocycles. The quantitative estimate of drug-likeness (QED) is 0.535. The number of amides is 1. The van der Waals surface area contributed by atoms with Gasteiger partial charge in [-0.05, 0) is 19.1 Å². The smallest absolute Gasteiger partial charge is 0.267 e. The Morgan fingerprint density at radius 1 is 1.27 bits per heavy atom. The van der Waals surface area contributed by atoms with Crippen LogP contribution in [0.5, 0.6) is 0 Å². The van der Waals surface area contributed by atoms with Gasteiger partial charge in [0.2, 0.25) is 0 Å². The maximum absolute atomic E-state index is 13.4. The lowest BCUT2D eigenvalue weighted by Gasteiger charge is -2.04. The molecule has 112 valence electrons. The SMILES string of the molecule is Cc1c(C(=O)N/N=C\c2ccccc2F)cccc1[N+](=O)[O-]. The highest BCUT2D eigenvalue weighted by Crippen LogP contribution is 2.20. The molecular weight excluding hydrogens is 289 g/mol. The lowest BCUT2D eigenvalue weighted by molar-refractivity contribution is -0.385. The van der Waals surface area contributed by atoms with Crippen LogP contribution < -0.4 is 5.43 Å². The number of hydrogen-bond acceptors (Lipinski definition) is 4. The van der Waals surface area contributed by atoms with Gasteiger partial charge in [-0.2, -0.15) is 5.10 Å². The van der Waals surface area contributed by atoms with Crippen LogP contribution in [0.25, 0.3) is 0 Å². The summed E-state index contributed by atoms with van der Waals surface area (Å²) in [5.74, 6) is -1.07. The Balaban J connectivity index is 2.15. The van der Waals surface area contributed by atoms with Crippen LogP contribution in [-0.4, -0.2) is 17.0 Å². The molecule has 1 amide bonds. The summed E-state index contributed by atoms with van der Waals surface area (Å²) in [6.07, 6.45) is 1.17. The first-order valence-electron chi connectivity index (χ1n) is 6.32. The molecule has 0 aliphatic rings. The number of hydrazone groups is 1. The van der Waals surface area contributed by atoms with Crippen molar-refractivity contribution in [3.63, 3.8) is 0 Å². The molecule has 0 radical (unpaired) electrons. The van der Waals surface area contributed by atoms with Crippen LogP contribution in [0.3, 0.4) is 0 Å². The number of carbonyl (C=O) groups is 1. The Bertz CT molecular complexity index is 759. The summed E-state index contributed by atoms with van der Waals surface area (Å²) >= 11 is 0. The van der Waals surface area contributed by atoms with Gasteiger partial charge in [0, 0.05) is 17.2 Å². The molecular formula is C15H12FN3O3. The Morgan fingerprint density at radius 3 is 2.68 bits per heavy atom. The number of nitro benzene ring substituents is 1. The third-order valence-corrected chi connectivity index (χ3v) is 3.02. The van der Waals surface area contributed by atoms with Gasteiger partial charge in [0.15, 0.2) is 0 Å². The van der Waals surface area contributed by atoms with Gasteiger partial charge in [-0.3, -0.25) is 14.9 Å². The van der Waals surface area contributed by atoms with Crippen LogP contribution in [0.1, 0.15) is 21.5 Å². The summed E-state index contributed by atoms with van der Waals surface area (Å²) in [5, 5.41) is 14.5. The first-order chi connectivity index (χ1) is 10.5. The van der Waals surface area contributed by atoms with Crippen molar-refractivity contribution in [3.05, 3.63) is 75.1 Å². The highest BCUT2D eigenvalue weighted by Gasteiger charge is 2.17. The molecule has 0 fully saturated rings. The van der Waals surface area contributed by atoms with Crippen LogP contribution in [0, 0.1) is 22.9 Å². The van der Waals surface area contributed by atoms with E-state index in [-0.39, 0.29) is 22.4 Å². The highest BCUT2D eigenvalue weighted by molar-refractivity contribution is 5.97. The van der Waals surface area contributed by atoms with Crippen LogP contribution in [0.15, 0.2) is 47.6 Å². The second kappa shape index (κ2) is 6.57. The van der Waals surface area contributed by atoms with Gasteiger partial charge in [0.05, 0.1) is 16.7 Å². The van der Waals surface area contributed by atoms with Gasteiger partial charge in [-0.25, -0.2) is 9.82 Å². The summed E-state index contributed by atoms with van der Waals surface area (Å²) in [7, 11) is 0. The van der Waals surface area contributed by atoms with Crippen molar-refractivity contribution >= 4 is 17.8 Å². The maximum atomic E-state index is 13.4. The van der Waals surface area contributed by atoms with E-state index in [1.54, 1.807) is 6.07 Å². The minimum atomic E-state index is -0.603. The molecule has 0 atom stereocenters. The number of carbonyl (C=O) groups excluding carboxylic acids is 1. The maximum Gasteiger partial charge on any atom is 0.273 e. The Morgan fingerprint density at radius 2 is 2.00 bits per heavy atom. The fraction of sp³-hybridized carbons (Fsp3) is 0.0667. The van der Waals surface area contributed by atoms with Crippen LogP contribution in [-0.2, 0) is 0 Å². The summed E-state index contributed by atoms with van der Waals surface area (Å²) in [5.41, 5.74) is 2.68. The molecule has 2 aromatic rings. The molecule has 1 N–H and O–H groups in total. The van der Waals surface area contributed by atoms with E-state index in [0.717, 1.165) is 0 Å². The van der Waals surface area contributed by atoms with E-state index in [1.165, 1.54) is 49.5 Å². The van der Waals surface area contributed by atoms with Crippen LogP contribution in [0.2, 0.25) is 0 Å². The normalized spacial score (nSPS) is 10.6. The molecule has 2 rings (SSSR count). The molecule has 0 bridgehead atoms. The molecule has 0 aromatic heterocycles. The monoisotopic (exact) mass is 301 g/mol. The lowest BCUT2D eigenvalue weighted by Crippen LogP contribution is -2.19. The number of nitro groups is 1. The van der Waals surface area contributed by atoms with Crippen molar-refractivity contribution in [1.29, 1.82) is 0 Å². The molecule has 0 saturated carbocycles. The number of nitrogens with zero attached hydrogens (tertiary/aromatic N) is 2. The van der Waals surface area contributed by atoms with Gasteiger partial charge in [0.25, 0.3) is 11.6 Å². The summed E-state index contributed by atoms with van der Waals surface area (Å²) in [6.45, 7) is 1.48. The van der Waals surface area contributed by atoms with Gasteiger partial charge in [-0.1, -0.05) is 24.3 Å². The Labute approximate surface area is 125 Å². The zero-order chi connectivity index (χ0) is 16.1. The summed E-state index contributed by atoms with van der Waals surface area (Å²) in [6, 6.07) is 10.1. The number of benzene rings is 2. The predicted octanol–water partition coefficient (Wildman–Crippen LogP) is 2.81. The highest BCUT2D eigenvalue weighted by atomic mass is 19.1. The van der Waals surface area contributed by atoms with E-state index in [2.05, 4.69) is 10.5 Å². The van der Waals surface area contributed by atoms with E-state index < -0.39 is 16.6 Å². The standard InChI is InChI=1S/C15H12FN3O3/c1-10-12(6-4-8-14(10)19(21)22)15(20)18-17-9-11-5-2-3-7-13(11)16/h2-9H,1H3,(H,18,20)/b17-9-. The van der Waals surface area contributed by atoms with E-state index >= 15 is 0 Å². The van der Waals surface area contributed by atoms with E-state index in [0.29, 0.717) is 0 Å². The largest absolute Gasteiger partial charge is 0.273 e. The van der Waals surface area contributed by atoms with Crippen molar-refractivity contribution in [3.8, 4) is 0 Å². The van der Waals surface area contributed by atoms with E-state index in [1.807, 2.05) is 0 Å². The van der Waals surface area contributed by atoms with E-state index in [4.69, 9.17) is 0 Å². The minimum Gasteiger partial charge on any atom is -0.267 e. The molecule has 2 aromatic carbocycles. The number of rotatable bonds is 4. The van der Waals surface area contributed by atoms with Crippen molar-refractivity contribution < 1.29 is 14.1 Å². The molecule has 6 nitrogen and oxygen atoms in total. The second-order valence-electron chi connectivity index (χ2n) is 4.43. The van der Waals surface area contributed by atoms with Crippen molar-refractivity contribution in [2.24, 2.45) is 5.10 Å². The van der Waals surface area contributed by atoms with Gasteiger partial charge >= 0.3 is 0 Å². The summed E-state index contributed by atoms with van der Waals surface area (Å²) in [4.78, 5) is 22.2. The molecule has 7 heteroatoms. The number of halogens is 1. The van der Waals surface area contributed by atoms with Gasteiger partial charge in [-0.15, -0.1) is 0 Å². The molecule has 0 aliphatic carbocycles. The first kappa shape index (κ1) is 15.3. The molecule has 0 unspecified atom stereocenters. The molecule has 0 saturated heterocycles. The second-order valence-corrected chi connectivity index (χ2v) is 4.43. The Kier molecular flexibility index (Phi) is 4.57. The van der Waals surface area contributed by atoms with Gasteiger partial charge < -0.3 is 0 Å².